The van der Waals surface area contributed by atoms with E-state index < -0.39 is 16.2 Å². The number of rotatable bonds is 4. The molecule has 0 saturated carbocycles. The zero-order chi connectivity index (χ0) is 17.3. The van der Waals surface area contributed by atoms with Gasteiger partial charge in [-0.05, 0) is 23.8 Å². The number of nitrogens with zero attached hydrogens (tertiary/aromatic N) is 3. The number of hydrazine groups is 3. The summed E-state index contributed by atoms with van der Waals surface area (Å²) in [5.74, 6) is 0.793. The number of nitrogens with one attached hydrogen (secondary N) is 4. The quantitative estimate of drug-likeness (QED) is 0.469. The van der Waals surface area contributed by atoms with Crippen LogP contribution in [0.1, 0.15) is 11.7 Å². The maximum absolute atomic E-state index is 11.9. The lowest BCUT2D eigenvalue weighted by molar-refractivity contribution is 0.534. The molecule has 0 atom stereocenters. The van der Waals surface area contributed by atoms with Gasteiger partial charge in [0.25, 0.3) is 10.0 Å². The average molecular weight is 350 g/mol. The number of pyridine rings is 2. The van der Waals surface area contributed by atoms with Crippen LogP contribution < -0.4 is 32.0 Å². The number of hydrogen-bond donors (Lipinski definition) is 5. The van der Waals surface area contributed by atoms with Crippen molar-refractivity contribution in [3.63, 3.8) is 0 Å². The van der Waals surface area contributed by atoms with Gasteiger partial charge >= 0.3 is 0 Å². The molecule has 0 radical (unpaired) electrons. The standard InChI is InChI=1S/C13H18N8O2S/c1-21(2)10-4-3-8(7-16-10)9-5-6-15-13(24(14,22)23)11(9)12-17-19-20-18-12/h3-7,12,17-20H,1-2H3,(H2,14,22,23). The maximum atomic E-state index is 11.9. The van der Waals surface area contributed by atoms with Crippen LogP contribution in [0.3, 0.4) is 0 Å². The Labute approximate surface area is 139 Å². The van der Waals surface area contributed by atoms with Gasteiger partial charge in [0.05, 0.1) is 0 Å². The molecule has 11 heteroatoms. The van der Waals surface area contributed by atoms with Crippen molar-refractivity contribution in [1.82, 2.24) is 31.9 Å². The molecular formula is C13H18N8O2S. The third-order valence-electron chi connectivity index (χ3n) is 3.52. The Bertz CT molecular complexity index is 832. The highest BCUT2D eigenvalue weighted by atomic mass is 32.2. The molecule has 3 rings (SSSR count). The normalized spacial score (nSPS) is 15.6. The summed E-state index contributed by atoms with van der Waals surface area (Å²) in [5, 5.41) is 5.13. The van der Waals surface area contributed by atoms with Gasteiger partial charge in [0.2, 0.25) is 0 Å². The molecule has 0 amide bonds. The van der Waals surface area contributed by atoms with Crippen molar-refractivity contribution in [2.24, 2.45) is 5.14 Å². The summed E-state index contributed by atoms with van der Waals surface area (Å²) in [6.07, 6.45) is 2.54. The lowest BCUT2D eigenvalue weighted by Gasteiger charge is -2.18. The molecule has 1 fully saturated rings. The van der Waals surface area contributed by atoms with Crippen LogP contribution in [0.15, 0.2) is 35.6 Å². The van der Waals surface area contributed by atoms with E-state index in [2.05, 4.69) is 31.9 Å². The molecule has 24 heavy (non-hydrogen) atoms. The maximum Gasteiger partial charge on any atom is 0.255 e. The molecule has 6 N–H and O–H groups in total. The molecule has 10 nitrogen and oxygen atoms in total. The van der Waals surface area contributed by atoms with Crippen LogP contribution in [0.2, 0.25) is 0 Å². The van der Waals surface area contributed by atoms with Crippen molar-refractivity contribution in [1.29, 1.82) is 0 Å². The minimum Gasteiger partial charge on any atom is -0.363 e. The first-order valence-electron chi connectivity index (χ1n) is 7.04. The van der Waals surface area contributed by atoms with Gasteiger partial charge in [0.15, 0.2) is 5.03 Å². The predicted octanol–water partition coefficient (Wildman–Crippen LogP) is -1.03. The number of anilines is 1. The van der Waals surface area contributed by atoms with Crippen LogP contribution >= 0.6 is 0 Å². The van der Waals surface area contributed by atoms with Gasteiger partial charge in [0, 0.05) is 37.6 Å². The molecular weight excluding hydrogens is 332 g/mol. The smallest absolute Gasteiger partial charge is 0.255 e. The molecule has 0 unspecified atom stereocenters. The molecule has 0 spiro atoms. The summed E-state index contributed by atoms with van der Waals surface area (Å²) in [7, 11) is -0.215. The average Bonchev–Trinajstić information content (AvgIpc) is 3.07. The fourth-order valence-electron chi connectivity index (χ4n) is 2.42. The fourth-order valence-corrected chi connectivity index (χ4v) is 3.16. The SMILES string of the molecule is CN(C)c1ccc(-c2ccnc(S(N)(=O)=O)c2C2NNNN2)cn1. The molecule has 1 aliphatic rings. The Hall–Kier alpha value is -2.15. The summed E-state index contributed by atoms with van der Waals surface area (Å²) in [5.41, 5.74) is 12.8. The number of primary sulfonamides is 1. The number of aromatic nitrogens is 2. The minimum absolute atomic E-state index is 0.202. The van der Waals surface area contributed by atoms with Gasteiger partial charge in [-0.2, -0.15) is 11.1 Å². The lowest BCUT2D eigenvalue weighted by Crippen LogP contribution is -2.33. The van der Waals surface area contributed by atoms with Gasteiger partial charge in [-0.1, -0.05) is 0 Å². The molecule has 0 bridgehead atoms. The van der Waals surface area contributed by atoms with E-state index >= 15 is 0 Å². The van der Waals surface area contributed by atoms with Crippen LogP contribution in [0.4, 0.5) is 5.82 Å². The number of hydrogen-bond acceptors (Lipinski definition) is 9. The van der Waals surface area contributed by atoms with Crippen molar-refractivity contribution in [2.75, 3.05) is 19.0 Å². The summed E-state index contributed by atoms with van der Waals surface area (Å²) in [6, 6.07) is 5.43. The zero-order valence-electron chi connectivity index (χ0n) is 13.1. The van der Waals surface area contributed by atoms with E-state index in [1.54, 1.807) is 12.3 Å². The van der Waals surface area contributed by atoms with Crippen LogP contribution in [0.5, 0.6) is 0 Å². The second kappa shape index (κ2) is 6.39. The Kier molecular flexibility index (Phi) is 4.45. The van der Waals surface area contributed by atoms with Crippen LogP contribution in [-0.4, -0.2) is 32.5 Å². The highest BCUT2D eigenvalue weighted by Gasteiger charge is 2.28. The molecule has 128 valence electrons. The Morgan fingerprint density at radius 2 is 1.83 bits per heavy atom. The van der Waals surface area contributed by atoms with E-state index in [9.17, 15) is 8.42 Å². The summed E-state index contributed by atoms with van der Waals surface area (Å²) in [4.78, 5) is 10.2. The first-order chi connectivity index (χ1) is 11.4. The fraction of sp³-hybridized carbons (Fsp3) is 0.231. The molecule has 1 saturated heterocycles. The zero-order valence-corrected chi connectivity index (χ0v) is 13.9. The van der Waals surface area contributed by atoms with Gasteiger partial charge in [-0.15, -0.1) is 0 Å². The summed E-state index contributed by atoms with van der Waals surface area (Å²) >= 11 is 0. The monoisotopic (exact) mass is 350 g/mol. The Morgan fingerprint density at radius 1 is 1.12 bits per heavy atom. The van der Waals surface area contributed by atoms with Gasteiger partial charge in [0.1, 0.15) is 12.0 Å². The highest BCUT2D eigenvalue weighted by molar-refractivity contribution is 7.89. The third kappa shape index (κ3) is 3.21. The van der Waals surface area contributed by atoms with Crippen molar-refractivity contribution >= 4 is 15.8 Å². The van der Waals surface area contributed by atoms with Crippen LogP contribution in [0.25, 0.3) is 11.1 Å². The predicted molar refractivity (Wildman–Crippen MR) is 88.5 cm³/mol. The van der Waals surface area contributed by atoms with Crippen molar-refractivity contribution in [3.8, 4) is 11.1 Å². The van der Waals surface area contributed by atoms with Crippen LogP contribution in [-0.2, 0) is 10.0 Å². The van der Waals surface area contributed by atoms with Crippen molar-refractivity contribution in [3.05, 3.63) is 36.2 Å². The third-order valence-corrected chi connectivity index (χ3v) is 4.39. The van der Waals surface area contributed by atoms with Gasteiger partial charge in [-0.25, -0.2) is 34.4 Å². The second-order valence-corrected chi connectivity index (χ2v) is 6.87. The number of sulfonamides is 1. The molecule has 1 aliphatic heterocycles. The van der Waals surface area contributed by atoms with E-state index in [0.717, 1.165) is 11.4 Å². The molecule has 0 aromatic carbocycles. The van der Waals surface area contributed by atoms with E-state index in [-0.39, 0.29) is 5.03 Å². The lowest BCUT2D eigenvalue weighted by atomic mass is 10.0. The van der Waals surface area contributed by atoms with E-state index in [4.69, 9.17) is 5.14 Å². The first kappa shape index (κ1) is 16.7. The second-order valence-electron chi connectivity index (χ2n) is 5.39. The first-order valence-corrected chi connectivity index (χ1v) is 8.59. The summed E-state index contributed by atoms with van der Waals surface area (Å²) in [6.45, 7) is 0. The Morgan fingerprint density at radius 3 is 2.38 bits per heavy atom. The van der Waals surface area contributed by atoms with E-state index in [1.165, 1.54) is 6.20 Å². The van der Waals surface area contributed by atoms with Crippen LogP contribution in [0, 0.1) is 0 Å². The largest absolute Gasteiger partial charge is 0.363 e. The highest BCUT2D eigenvalue weighted by Crippen LogP contribution is 2.31. The van der Waals surface area contributed by atoms with E-state index in [1.807, 2.05) is 31.1 Å². The van der Waals surface area contributed by atoms with Gasteiger partial charge in [-0.3, -0.25) is 0 Å². The molecule has 3 heterocycles. The van der Waals surface area contributed by atoms with Crippen molar-refractivity contribution in [2.45, 2.75) is 11.2 Å². The molecule has 2 aromatic heterocycles. The van der Waals surface area contributed by atoms with Crippen molar-refractivity contribution < 1.29 is 8.42 Å². The topological polar surface area (TPSA) is 137 Å². The molecule has 2 aromatic rings. The molecule has 0 aliphatic carbocycles. The van der Waals surface area contributed by atoms with Gasteiger partial charge < -0.3 is 4.90 Å². The minimum atomic E-state index is -4.00. The summed E-state index contributed by atoms with van der Waals surface area (Å²) < 4.78 is 23.9. The number of nitrogens with two attached hydrogens (primary N) is 1. The Balaban J connectivity index is 2.16. The van der Waals surface area contributed by atoms with E-state index in [0.29, 0.717) is 11.1 Å².